The Bertz CT molecular complexity index is 395. The molecule has 0 fully saturated rings. The molecule has 0 aliphatic heterocycles. The van der Waals surface area contributed by atoms with Crippen LogP contribution in [0.4, 0.5) is 4.39 Å². The highest BCUT2D eigenvalue weighted by molar-refractivity contribution is 5.73. The fraction of sp³-hybridized carbons (Fsp3) is 0.500. The van der Waals surface area contributed by atoms with Crippen LogP contribution in [0.15, 0.2) is 12.1 Å². The second kappa shape index (κ2) is 6.18. The summed E-state index contributed by atoms with van der Waals surface area (Å²) in [6, 6.07) is 3.30. The maximum absolute atomic E-state index is 13.4. The molecule has 0 spiro atoms. The van der Waals surface area contributed by atoms with Gasteiger partial charge in [0.15, 0.2) is 0 Å². The first kappa shape index (κ1) is 13.4. The van der Waals surface area contributed by atoms with Crippen LogP contribution in [0.2, 0.25) is 0 Å². The molecule has 1 heterocycles. The molecule has 1 atom stereocenters. The van der Waals surface area contributed by atoms with Crippen LogP contribution >= 0.6 is 0 Å². The summed E-state index contributed by atoms with van der Waals surface area (Å²) in [6.07, 6.45) is -1.50. The van der Waals surface area contributed by atoms with Crippen LogP contribution in [0.5, 0.6) is 5.75 Å². The van der Waals surface area contributed by atoms with Gasteiger partial charge in [-0.2, -0.15) is 4.39 Å². The maximum atomic E-state index is 13.4. The second-order valence-corrected chi connectivity index (χ2v) is 3.44. The van der Waals surface area contributed by atoms with Gasteiger partial charge in [-0.1, -0.05) is 6.92 Å². The van der Waals surface area contributed by atoms with E-state index in [4.69, 9.17) is 4.74 Å². The minimum Gasteiger partial charge on any atom is -0.461 e. The summed E-state index contributed by atoms with van der Waals surface area (Å²) >= 11 is 0. The Morgan fingerprint density at radius 1 is 1.47 bits per heavy atom. The van der Waals surface area contributed by atoms with Crippen LogP contribution < -0.4 is 4.74 Å². The highest BCUT2D eigenvalue weighted by Crippen LogP contribution is 2.19. The Hall–Kier alpha value is -1.65. The normalized spacial score (nSPS) is 12.0. The quantitative estimate of drug-likeness (QED) is 0.741. The fourth-order valence-electron chi connectivity index (χ4n) is 1.33. The lowest BCUT2D eigenvalue weighted by molar-refractivity contribution is -0.159. The molecule has 0 aromatic carbocycles. The van der Waals surface area contributed by atoms with Crippen molar-refractivity contribution in [3.8, 4) is 5.75 Å². The molecule has 0 aliphatic rings. The van der Waals surface area contributed by atoms with Crippen molar-refractivity contribution in [1.29, 1.82) is 0 Å². The molecular weight excluding hydrogens is 225 g/mol. The molecule has 4 nitrogen and oxygen atoms in total. The monoisotopic (exact) mass is 241 g/mol. The Labute approximate surface area is 99.8 Å². The van der Waals surface area contributed by atoms with Crippen molar-refractivity contribution in [1.82, 2.24) is 4.98 Å². The van der Waals surface area contributed by atoms with E-state index in [-0.39, 0.29) is 12.4 Å². The topological polar surface area (TPSA) is 48.4 Å². The van der Waals surface area contributed by atoms with Crippen molar-refractivity contribution in [2.24, 2.45) is 0 Å². The van der Waals surface area contributed by atoms with Gasteiger partial charge in [-0.15, -0.1) is 0 Å². The number of esters is 1. The second-order valence-electron chi connectivity index (χ2n) is 3.44. The van der Waals surface area contributed by atoms with Gasteiger partial charge in [-0.05, 0) is 32.4 Å². The summed E-state index contributed by atoms with van der Waals surface area (Å²) in [6.45, 7) is 5.44. The predicted octanol–water partition coefficient (Wildman–Crippen LogP) is 2.19. The van der Waals surface area contributed by atoms with Gasteiger partial charge in [0.25, 0.3) is 0 Å². The summed E-state index contributed by atoms with van der Waals surface area (Å²) in [4.78, 5) is 15.3. The molecule has 94 valence electrons. The van der Waals surface area contributed by atoms with Gasteiger partial charge in [0.05, 0.1) is 12.3 Å². The van der Waals surface area contributed by atoms with Gasteiger partial charge in [0.2, 0.25) is 0 Å². The Morgan fingerprint density at radius 2 is 2.18 bits per heavy atom. The van der Waals surface area contributed by atoms with Gasteiger partial charge in [-0.3, -0.25) is 4.98 Å². The molecule has 0 radical (unpaired) electrons. The molecule has 1 unspecified atom stereocenters. The molecule has 1 aromatic rings. The summed E-state index contributed by atoms with van der Waals surface area (Å²) in [7, 11) is 0. The van der Waals surface area contributed by atoms with Crippen molar-refractivity contribution < 1.29 is 18.7 Å². The number of nitrogens with zero attached hydrogens (tertiary/aromatic N) is 1. The van der Waals surface area contributed by atoms with E-state index in [0.717, 1.165) is 5.69 Å². The van der Waals surface area contributed by atoms with E-state index in [0.29, 0.717) is 12.1 Å². The molecule has 17 heavy (non-hydrogen) atoms. The molecule has 0 N–H and O–H groups in total. The smallest absolute Gasteiger partial charge is 0.381 e. The van der Waals surface area contributed by atoms with E-state index in [1.54, 1.807) is 19.1 Å². The number of rotatable bonds is 5. The van der Waals surface area contributed by atoms with Gasteiger partial charge >= 0.3 is 12.3 Å². The van der Waals surface area contributed by atoms with Crippen LogP contribution in [0, 0.1) is 6.92 Å². The molecule has 5 heteroatoms. The number of pyridine rings is 1. The first-order chi connectivity index (χ1) is 8.08. The highest BCUT2D eigenvalue weighted by Gasteiger charge is 2.21. The zero-order chi connectivity index (χ0) is 12.8. The first-order valence-electron chi connectivity index (χ1n) is 5.52. The van der Waals surface area contributed by atoms with Crippen LogP contribution in [0.25, 0.3) is 0 Å². The number of aryl methyl sites for hydroxylation is 2. The summed E-state index contributed by atoms with van der Waals surface area (Å²) in [5.74, 6) is -0.742. The van der Waals surface area contributed by atoms with Crippen LogP contribution in [-0.2, 0) is 16.0 Å². The van der Waals surface area contributed by atoms with E-state index in [9.17, 15) is 9.18 Å². The van der Waals surface area contributed by atoms with E-state index in [1.807, 2.05) is 13.8 Å². The molecule has 0 amide bonds. The van der Waals surface area contributed by atoms with Crippen molar-refractivity contribution in [3.05, 3.63) is 23.5 Å². The number of ether oxygens (including phenoxy) is 2. The molecule has 0 saturated heterocycles. The molecule has 0 aliphatic carbocycles. The summed E-state index contributed by atoms with van der Waals surface area (Å²) in [5.41, 5.74) is 1.44. The van der Waals surface area contributed by atoms with Crippen LogP contribution in [0.3, 0.4) is 0 Å². The third-order valence-electron chi connectivity index (χ3n) is 2.11. The lowest BCUT2D eigenvalue weighted by atomic mass is 10.2. The number of halogens is 1. The summed E-state index contributed by atoms with van der Waals surface area (Å²) < 4.78 is 22.8. The van der Waals surface area contributed by atoms with E-state index in [2.05, 4.69) is 9.72 Å². The average Bonchev–Trinajstić information content (AvgIpc) is 2.31. The van der Waals surface area contributed by atoms with Gasteiger partial charge in [0, 0.05) is 5.69 Å². The third-order valence-corrected chi connectivity index (χ3v) is 2.11. The Kier molecular flexibility index (Phi) is 4.87. The SMILES string of the molecule is CCOC(=O)C(F)Oc1ccc(C)nc1CC. The van der Waals surface area contributed by atoms with Crippen LogP contribution in [0.1, 0.15) is 25.2 Å². The minimum absolute atomic E-state index is 0.120. The average molecular weight is 241 g/mol. The first-order valence-corrected chi connectivity index (χ1v) is 5.52. The Balaban J connectivity index is 2.77. The van der Waals surface area contributed by atoms with E-state index < -0.39 is 12.3 Å². The number of carbonyl (C=O) groups is 1. The molecular formula is C12H16FNO3. The fourth-order valence-corrected chi connectivity index (χ4v) is 1.33. The van der Waals surface area contributed by atoms with Crippen molar-refractivity contribution in [2.75, 3.05) is 6.61 Å². The van der Waals surface area contributed by atoms with Gasteiger partial charge in [-0.25, -0.2) is 4.79 Å². The predicted molar refractivity (Wildman–Crippen MR) is 60.5 cm³/mol. The number of hydrogen-bond acceptors (Lipinski definition) is 4. The van der Waals surface area contributed by atoms with Crippen molar-refractivity contribution in [2.45, 2.75) is 33.5 Å². The minimum atomic E-state index is -2.11. The zero-order valence-electron chi connectivity index (χ0n) is 10.2. The third kappa shape index (κ3) is 3.69. The molecule has 0 bridgehead atoms. The standard InChI is InChI=1S/C12H16FNO3/c1-4-9-10(7-6-8(3)14-9)17-11(13)12(15)16-5-2/h6-7,11H,4-5H2,1-3H3. The lowest BCUT2D eigenvalue weighted by Gasteiger charge is -2.13. The van der Waals surface area contributed by atoms with E-state index in [1.165, 1.54) is 0 Å². The number of hydrogen-bond donors (Lipinski definition) is 0. The number of alkyl halides is 1. The number of aromatic nitrogens is 1. The van der Waals surface area contributed by atoms with E-state index >= 15 is 0 Å². The molecule has 1 aromatic heterocycles. The van der Waals surface area contributed by atoms with Gasteiger partial charge in [0.1, 0.15) is 5.75 Å². The lowest BCUT2D eigenvalue weighted by Crippen LogP contribution is -2.25. The zero-order valence-corrected chi connectivity index (χ0v) is 10.2. The number of carbonyl (C=O) groups excluding carboxylic acids is 1. The van der Waals surface area contributed by atoms with Crippen LogP contribution in [-0.4, -0.2) is 23.9 Å². The maximum Gasteiger partial charge on any atom is 0.381 e. The van der Waals surface area contributed by atoms with Crippen molar-refractivity contribution >= 4 is 5.97 Å². The van der Waals surface area contributed by atoms with Gasteiger partial charge < -0.3 is 9.47 Å². The Morgan fingerprint density at radius 3 is 2.76 bits per heavy atom. The largest absolute Gasteiger partial charge is 0.461 e. The highest BCUT2D eigenvalue weighted by atomic mass is 19.1. The molecule has 1 rings (SSSR count). The van der Waals surface area contributed by atoms with Crippen molar-refractivity contribution in [3.63, 3.8) is 0 Å². The summed E-state index contributed by atoms with van der Waals surface area (Å²) in [5, 5.41) is 0. The molecule has 0 saturated carbocycles.